The fourth-order valence-electron chi connectivity index (χ4n) is 3.68. The van der Waals surface area contributed by atoms with E-state index in [4.69, 9.17) is 15.6 Å². The van der Waals surface area contributed by atoms with Crippen molar-refractivity contribution in [1.82, 2.24) is 4.90 Å². The number of carboxylic acids is 1. The number of hydrogen-bond donors (Lipinski definition) is 2. The molecule has 1 aliphatic carbocycles. The zero-order valence-corrected chi connectivity index (χ0v) is 15.8. The summed E-state index contributed by atoms with van der Waals surface area (Å²) >= 11 is 0. The molecule has 0 aromatic heterocycles. The molecule has 6 nitrogen and oxygen atoms in total. The molecule has 0 atom stereocenters. The predicted octanol–water partition coefficient (Wildman–Crippen LogP) is 3.45. The quantitative estimate of drug-likeness (QED) is 0.693. The van der Waals surface area contributed by atoms with Crippen LogP contribution in [0.15, 0.2) is 48.5 Å². The summed E-state index contributed by atoms with van der Waals surface area (Å²) in [5.74, 6) is -0.863. The molecule has 3 N–H and O–H groups in total. The van der Waals surface area contributed by atoms with Gasteiger partial charge in [0.25, 0.3) is 0 Å². The molecule has 2 aromatic carbocycles. The number of aliphatic carboxylic acids is 1. The second-order valence-corrected chi connectivity index (χ2v) is 6.93. The van der Waals surface area contributed by atoms with Crippen LogP contribution in [0.4, 0.5) is 4.79 Å². The maximum atomic E-state index is 12.6. The second kappa shape index (κ2) is 9.37. The molecule has 6 heteroatoms. The topological polar surface area (TPSA) is 92.9 Å². The van der Waals surface area contributed by atoms with Crippen LogP contribution in [0.25, 0.3) is 11.1 Å². The van der Waals surface area contributed by atoms with Gasteiger partial charge in [0.05, 0.1) is 0 Å². The molecular formula is C22H26N2O4. The molecule has 0 saturated carbocycles. The Morgan fingerprint density at radius 3 is 2.11 bits per heavy atom. The minimum absolute atomic E-state index is 0.00623. The van der Waals surface area contributed by atoms with Crippen LogP contribution in [0.1, 0.15) is 36.3 Å². The molecule has 28 heavy (non-hydrogen) atoms. The van der Waals surface area contributed by atoms with Crippen LogP contribution in [0.2, 0.25) is 0 Å². The monoisotopic (exact) mass is 382 g/mol. The number of carboxylic acid groups (broad SMARTS) is 1. The lowest BCUT2D eigenvalue weighted by Crippen LogP contribution is -2.35. The Morgan fingerprint density at radius 2 is 1.54 bits per heavy atom. The number of rotatable bonds is 9. The van der Waals surface area contributed by atoms with E-state index in [1.807, 2.05) is 24.3 Å². The van der Waals surface area contributed by atoms with Crippen molar-refractivity contribution in [2.24, 2.45) is 5.73 Å². The van der Waals surface area contributed by atoms with Crippen molar-refractivity contribution in [2.45, 2.75) is 25.2 Å². The van der Waals surface area contributed by atoms with Crippen molar-refractivity contribution in [1.29, 1.82) is 0 Å². The Labute approximate surface area is 164 Å². The van der Waals surface area contributed by atoms with Gasteiger partial charge in [-0.1, -0.05) is 48.5 Å². The van der Waals surface area contributed by atoms with Gasteiger partial charge in [-0.2, -0.15) is 0 Å². The Morgan fingerprint density at radius 1 is 0.964 bits per heavy atom. The van der Waals surface area contributed by atoms with Gasteiger partial charge in [-0.25, -0.2) is 4.79 Å². The number of amides is 1. The summed E-state index contributed by atoms with van der Waals surface area (Å²) in [6.45, 7) is 1.53. The van der Waals surface area contributed by atoms with Crippen molar-refractivity contribution < 1.29 is 19.4 Å². The summed E-state index contributed by atoms with van der Waals surface area (Å²) in [6.07, 6.45) is 0.651. The Balaban J connectivity index is 1.67. The maximum Gasteiger partial charge on any atom is 0.409 e. The van der Waals surface area contributed by atoms with Crippen LogP contribution < -0.4 is 5.73 Å². The minimum Gasteiger partial charge on any atom is -0.481 e. The van der Waals surface area contributed by atoms with Crippen molar-refractivity contribution in [3.05, 3.63) is 59.7 Å². The van der Waals surface area contributed by atoms with Gasteiger partial charge >= 0.3 is 12.1 Å². The standard InChI is InChI=1S/C22H26N2O4/c23-12-6-14-24(13-5-11-21(25)26)22(27)28-15-20-18-9-3-1-7-16(18)17-8-2-4-10-19(17)20/h1-4,7-10,20H,5-6,11-15,23H2,(H,25,26). The summed E-state index contributed by atoms with van der Waals surface area (Å²) in [5.41, 5.74) is 10.2. The normalized spacial score (nSPS) is 12.3. The zero-order chi connectivity index (χ0) is 19.9. The lowest BCUT2D eigenvalue weighted by molar-refractivity contribution is -0.137. The number of hydrogen-bond acceptors (Lipinski definition) is 4. The molecule has 0 saturated heterocycles. The molecule has 0 fully saturated rings. The summed E-state index contributed by atoms with van der Waals surface area (Å²) in [6, 6.07) is 16.4. The van der Waals surface area contributed by atoms with E-state index in [1.165, 1.54) is 11.1 Å². The molecule has 1 aliphatic rings. The van der Waals surface area contributed by atoms with Crippen LogP contribution in [-0.2, 0) is 9.53 Å². The van der Waals surface area contributed by atoms with Crippen LogP contribution >= 0.6 is 0 Å². The molecule has 0 spiro atoms. The van der Waals surface area contributed by atoms with Gasteiger partial charge in [0.15, 0.2) is 0 Å². The van der Waals surface area contributed by atoms with Gasteiger partial charge in [-0.3, -0.25) is 4.79 Å². The third-order valence-electron chi connectivity index (χ3n) is 5.05. The third kappa shape index (κ3) is 4.51. The predicted molar refractivity (Wildman–Crippen MR) is 107 cm³/mol. The number of ether oxygens (including phenoxy) is 1. The summed E-state index contributed by atoms with van der Waals surface area (Å²) in [5, 5.41) is 8.82. The second-order valence-electron chi connectivity index (χ2n) is 6.93. The molecule has 2 aromatic rings. The van der Waals surface area contributed by atoms with Gasteiger partial charge in [-0.05, 0) is 41.6 Å². The Kier molecular flexibility index (Phi) is 6.66. The highest BCUT2D eigenvalue weighted by atomic mass is 16.6. The summed E-state index contributed by atoms with van der Waals surface area (Å²) < 4.78 is 5.66. The number of benzene rings is 2. The Hall–Kier alpha value is -2.86. The van der Waals surface area contributed by atoms with E-state index in [1.54, 1.807) is 4.90 Å². The number of nitrogens with two attached hydrogens (primary N) is 1. The molecule has 0 heterocycles. The van der Waals surface area contributed by atoms with Crippen molar-refractivity contribution in [2.75, 3.05) is 26.2 Å². The summed E-state index contributed by atoms with van der Waals surface area (Å²) in [4.78, 5) is 24.9. The van der Waals surface area contributed by atoms with E-state index in [0.717, 1.165) is 11.1 Å². The van der Waals surface area contributed by atoms with Crippen LogP contribution in [-0.4, -0.2) is 48.3 Å². The van der Waals surface area contributed by atoms with Crippen LogP contribution in [0, 0.1) is 0 Å². The SMILES string of the molecule is NCCCN(CCCC(=O)O)C(=O)OCC1c2ccccc2-c2ccccc21. The molecule has 148 valence electrons. The molecular weight excluding hydrogens is 356 g/mol. The number of nitrogens with zero attached hydrogens (tertiary/aromatic N) is 1. The highest BCUT2D eigenvalue weighted by Crippen LogP contribution is 2.44. The molecule has 0 radical (unpaired) electrons. The van der Waals surface area contributed by atoms with E-state index in [9.17, 15) is 9.59 Å². The van der Waals surface area contributed by atoms with Gasteiger partial charge in [0, 0.05) is 25.4 Å². The summed E-state index contributed by atoms with van der Waals surface area (Å²) in [7, 11) is 0. The molecule has 0 unspecified atom stereocenters. The highest BCUT2D eigenvalue weighted by Gasteiger charge is 2.29. The van der Waals surface area contributed by atoms with Gasteiger partial charge in [0.1, 0.15) is 6.61 Å². The van der Waals surface area contributed by atoms with Crippen LogP contribution in [0.5, 0.6) is 0 Å². The number of fused-ring (bicyclic) bond motifs is 3. The lowest BCUT2D eigenvalue weighted by Gasteiger charge is -2.23. The van der Waals surface area contributed by atoms with E-state index < -0.39 is 12.1 Å². The van der Waals surface area contributed by atoms with Gasteiger partial charge in [0.2, 0.25) is 0 Å². The Bertz CT molecular complexity index is 791. The maximum absolute atomic E-state index is 12.6. The van der Waals surface area contributed by atoms with Crippen LogP contribution in [0.3, 0.4) is 0 Å². The zero-order valence-electron chi connectivity index (χ0n) is 15.8. The molecule has 1 amide bonds. The highest BCUT2D eigenvalue weighted by molar-refractivity contribution is 5.79. The number of carbonyl (C=O) groups is 2. The van der Waals surface area contributed by atoms with E-state index in [0.29, 0.717) is 32.5 Å². The van der Waals surface area contributed by atoms with Crippen molar-refractivity contribution in [3.63, 3.8) is 0 Å². The average Bonchev–Trinajstić information content (AvgIpc) is 3.02. The fraction of sp³-hybridized carbons (Fsp3) is 0.364. The largest absolute Gasteiger partial charge is 0.481 e. The van der Waals surface area contributed by atoms with Crippen molar-refractivity contribution in [3.8, 4) is 11.1 Å². The first-order valence-electron chi connectivity index (χ1n) is 9.63. The first-order valence-corrected chi connectivity index (χ1v) is 9.63. The first-order chi connectivity index (χ1) is 13.6. The smallest absolute Gasteiger partial charge is 0.409 e. The molecule has 3 rings (SSSR count). The number of carbonyl (C=O) groups excluding carboxylic acids is 1. The first kappa shape index (κ1) is 19.9. The van der Waals surface area contributed by atoms with E-state index in [-0.39, 0.29) is 18.9 Å². The van der Waals surface area contributed by atoms with Gasteiger partial charge in [-0.15, -0.1) is 0 Å². The van der Waals surface area contributed by atoms with Crippen molar-refractivity contribution >= 4 is 12.1 Å². The van der Waals surface area contributed by atoms with E-state index in [2.05, 4.69) is 24.3 Å². The van der Waals surface area contributed by atoms with E-state index >= 15 is 0 Å². The van der Waals surface area contributed by atoms with Gasteiger partial charge < -0.3 is 20.5 Å². The third-order valence-corrected chi connectivity index (χ3v) is 5.05. The molecule has 0 bridgehead atoms. The average molecular weight is 382 g/mol. The fourth-order valence-corrected chi connectivity index (χ4v) is 3.68. The lowest BCUT2D eigenvalue weighted by atomic mass is 9.98. The molecule has 0 aliphatic heterocycles. The minimum atomic E-state index is -0.869.